The number of nitrogens with two attached hydrogens (primary N) is 2. The van der Waals surface area contributed by atoms with Gasteiger partial charge in [-0.1, -0.05) is 5.16 Å². The number of oxime groups is 1. The molecule has 1 saturated heterocycles. The summed E-state index contributed by atoms with van der Waals surface area (Å²) < 4.78 is 7.43. The van der Waals surface area contributed by atoms with E-state index in [0.29, 0.717) is 29.8 Å². The molecule has 3 aromatic heterocycles. The Balaban J connectivity index is 1.35. The molecule has 0 aromatic carbocycles. The number of hydrogen-bond donors (Lipinski definition) is 5. The van der Waals surface area contributed by atoms with Crippen LogP contribution in [0.3, 0.4) is 0 Å². The average molecular weight is 631 g/mol. The van der Waals surface area contributed by atoms with Gasteiger partial charge in [0, 0.05) is 35.9 Å². The first-order valence-electron chi connectivity index (χ1n) is 13.0. The van der Waals surface area contributed by atoms with Gasteiger partial charge in [-0.25, -0.2) is 9.36 Å². The molecule has 0 bridgehead atoms. The molecule has 0 radical (unpaired) electrons. The summed E-state index contributed by atoms with van der Waals surface area (Å²) in [6.07, 6.45) is 3.28. The fourth-order valence-electron chi connectivity index (χ4n) is 4.62. The van der Waals surface area contributed by atoms with Gasteiger partial charge in [-0.3, -0.25) is 23.9 Å². The molecule has 226 valence electrons. The Labute approximate surface area is 252 Å². The molecule has 17 nitrogen and oxygen atoms in total. The summed E-state index contributed by atoms with van der Waals surface area (Å²) in [6, 6.07) is 2.57. The molecule has 19 heteroatoms. The van der Waals surface area contributed by atoms with E-state index in [9.17, 15) is 24.3 Å². The first-order valence-corrected chi connectivity index (χ1v) is 14.9. The molecule has 7 N–H and O–H groups in total. The number of nitrogen functional groups attached to an aromatic ring is 1. The van der Waals surface area contributed by atoms with Crippen molar-refractivity contribution in [3.63, 3.8) is 0 Å². The van der Waals surface area contributed by atoms with Crippen LogP contribution in [0.25, 0.3) is 11.2 Å². The van der Waals surface area contributed by atoms with E-state index >= 15 is 0 Å². The zero-order valence-corrected chi connectivity index (χ0v) is 24.4. The van der Waals surface area contributed by atoms with Crippen molar-refractivity contribution >= 4 is 69.0 Å². The van der Waals surface area contributed by atoms with Crippen molar-refractivity contribution in [1.82, 2.24) is 34.4 Å². The number of imidazole rings is 1. The van der Waals surface area contributed by atoms with Crippen molar-refractivity contribution in [2.24, 2.45) is 10.9 Å². The number of nitrogens with zero attached hydrogens (tertiary/aromatic N) is 7. The van der Waals surface area contributed by atoms with E-state index in [2.05, 4.69) is 30.1 Å². The van der Waals surface area contributed by atoms with Crippen molar-refractivity contribution in [3.05, 3.63) is 41.8 Å². The second-order valence-electron chi connectivity index (χ2n) is 9.29. The van der Waals surface area contributed by atoms with E-state index in [1.165, 1.54) is 23.0 Å². The number of anilines is 1. The zero-order chi connectivity index (χ0) is 30.7. The van der Waals surface area contributed by atoms with E-state index in [0.717, 1.165) is 11.5 Å². The summed E-state index contributed by atoms with van der Waals surface area (Å²) in [6.45, 7) is 2.72. The van der Waals surface area contributed by atoms with Crippen LogP contribution in [-0.2, 0) is 37.1 Å². The number of aromatic nitrogens is 5. The first-order chi connectivity index (χ1) is 20.7. The van der Waals surface area contributed by atoms with Crippen molar-refractivity contribution in [1.29, 1.82) is 0 Å². The van der Waals surface area contributed by atoms with Crippen molar-refractivity contribution in [2.75, 3.05) is 31.2 Å². The van der Waals surface area contributed by atoms with Crippen molar-refractivity contribution in [2.45, 2.75) is 31.4 Å². The lowest BCUT2D eigenvalue weighted by Crippen LogP contribution is -2.71. The third kappa shape index (κ3) is 5.99. The minimum Gasteiger partial charge on any atom is -0.477 e. The van der Waals surface area contributed by atoms with Crippen LogP contribution in [0.5, 0.6) is 0 Å². The predicted molar refractivity (Wildman–Crippen MR) is 154 cm³/mol. The summed E-state index contributed by atoms with van der Waals surface area (Å²) >= 11 is 2.19. The highest BCUT2D eigenvalue weighted by Crippen LogP contribution is 2.40. The standard InChI is InChI=1S/C24H27N11O6S2/c1-2-41-31-15(18-30-24(26)43-32-18)20(37)29-16-21(38)35-17(23(39)40)12(10-42-22(16)35)8-33-7-3-4-13-19(33)28-11-34(13)9-14(36)27-6-5-25/h3-4,7,11,16,22H,2,5-6,8-10,25H2,1H3,(H4-,26,27,29,30,32,36,37,39,40)/p+1/b31-15+. The number of carbonyl (C=O) groups excluding carboxylic acids is 3. The Morgan fingerprint density at radius 2 is 2.16 bits per heavy atom. The summed E-state index contributed by atoms with van der Waals surface area (Å²) in [5.74, 6) is -2.60. The Kier molecular flexibility index (Phi) is 8.83. The number of amides is 3. The van der Waals surface area contributed by atoms with Gasteiger partial charge in [-0.2, -0.15) is 9.36 Å². The largest absolute Gasteiger partial charge is 0.477 e. The van der Waals surface area contributed by atoms with Gasteiger partial charge in [0.25, 0.3) is 11.8 Å². The van der Waals surface area contributed by atoms with Crippen LogP contribution in [0.1, 0.15) is 12.7 Å². The highest BCUT2D eigenvalue weighted by Gasteiger charge is 2.54. The third-order valence-corrected chi connectivity index (χ3v) is 8.36. The van der Waals surface area contributed by atoms with E-state index in [4.69, 9.17) is 16.3 Å². The summed E-state index contributed by atoms with van der Waals surface area (Å²) in [5.41, 5.74) is 12.4. The van der Waals surface area contributed by atoms with Crippen LogP contribution in [0.15, 0.2) is 41.1 Å². The average Bonchev–Trinajstić information content (AvgIpc) is 3.61. The monoisotopic (exact) mass is 630 g/mol. The molecule has 2 aliphatic heterocycles. The summed E-state index contributed by atoms with van der Waals surface area (Å²) in [7, 11) is 0. The molecular formula is C24H28N11O6S2+. The lowest BCUT2D eigenvalue weighted by atomic mass is 10.0. The van der Waals surface area contributed by atoms with Crippen molar-refractivity contribution in [3.8, 4) is 0 Å². The van der Waals surface area contributed by atoms with E-state index in [1.807, 2.05) is 0 Å². The lowest BCUT2D eigenvalue weighted by molar-refractivity contribution is -0.664. The Morgan fingerprint density at radius 3 is 2.86 bits per heavy atom. The molecule has 1 fully saturated rings. The van der Waals surface area contributed by atoms with E-state index in [-0.39, 0.29) is 53.7 Å². The predicted octanol–water partition coefficient (Wildman–Crippen LogP) is -1.99. The van der Waals surface area contributed by atoms with Gasteiger partial charge in [-0.15, -0.1) is 11.8 Å². The Morgan fingerprint density at radius 1 is 1.35 bits per heavy atom. The summed E-state index contributed by atoms with van der Waals surface area (Å²) in [5, 5.41) is 18.7. The highest BCUT2D eigenvalue weighted by atomic mass is 32.2. The van der Waals surface area contributed by atoms with Crippen LogP contribution in [0.4, 0.5) is 5.13 Å². The Bertz CT molecular complexity index is 1650. The fourth-order valence-corrected chi connectivity index (χ4v) is 6.39. The smallest absolute Gasteiger partial charge is 0.352 e. The van der Waals surface area contributed by atoms with Crippen LogP contribution in [0, 0.1) is 0 Å². The second kappa shape index (κ2) is 12.7. The van der Waals surface area contributed by atoms with E-state index < -0.39 is 29.2 Å². The van der Waals surface area contributed by atoms with Crippen LogP contribution < -0.4 is 26.7 Å². The maximum absolute atomic E-state index is 13.2. The molecule has 5 heterocycles. The van der Waals surface area contributed by atoms with E-state index in [1.54, 1.807) is 34.4 Å². The maximum atomic E-state index is 13.2. The first kappa shape index (κ1) is 29.9. The number of rotatable bonds is 12. The SMILES string of the molecule is CCO/N=C(/C(=O)NC1C(=O)N2C(C(=O)O)=C(C[n+]3cccc4c3ncn4CC(=O)NCCN)CSC12)c1nsc(N)n1. The van der Waals surface area contributed by atoms with Gasteiger partial charge >= 0.3 is 11.6 Å². The molecule has 3 aromatic rings. The lowest BCUT2D eigenvalue weighted by Gasteiger charge is -2.49. The molecule has 43 heavy (non-hydrogen) atoms. The minimum atomic E-state index is -1.27. The number of fused-ring (bicyclic) bond motifs is 2. The molecule has 2 aliphatic rings. The number of nitrogens with one attached hydrogen (secondary N) is 2. The fraction of sp³-hybridized carbons (Fsp3) is 0.375. The highest BCUT2D eigenvalue weighted by molar-refractivity contribution is 8.00. The number of thioether (sulfide) groups is 1. The molecule has 3 amide bonds. The number of β-lactam (4-membered cyclic amide) rings is 1. The number of pyridine rings is 1. The topological polar surface area (TPSA) is 237 Å². The number of carbonyl (C=O) groups is 4. The summed E-state index contributed by atoms with van der Waals surface area (Å²) in [4.78, 5) is 65.5. The molecule has 2 atom stereocenters. The maximum Gasteiger partial charge on any atom is 0.352 e. The normalized spacial score (nSPS) is 18.3. The molecule has 0 aliphatic carbocycles. The van der Waals surface area contributed by atoms with Crippen LogP contribution in [-0.4, -0.2) is 95.2 Å². The quantitative estimate of drug-likeness (QED) is 0.0633. The van der Waals surface area contributed by atoms with Crippen LogP contribution >= 0.6 is 23.3 Å². The molecule has 0 saturated carbocycles. The molecule has 2 unspecified atom stereocenters. The minimum absolute atomic E-state index is 0.0411. The third-order valence-electron chi connectivity index (χ3n) is 6.48. The number of carboxylic acid groups (broad SMARTS) is 1. The van der Waals surface area contributed by atoms with Crippen molar-refractivity contribution < 1.29 is 33.7 Å². The number of carboxylic acids is 1. The molecular weight excluding hydrogens is 602 g/mol. The zero-order valence-electron chi connectivity index (χ0n) is 22.8. The number of aliphatic carboxylic acids is 1. The van der Waals surface area contributed by atoms with Gasteiger partial charge in [0.2, 0.25) is 23.8 Å². The van der Waals surface area contributed by atoms with Gasteiger partial charge in [0.05, 0.1) is 6.20 Å². The van der Waals surface area contributed by atoms with Gasteiger partial charge in [0.1, 0.15) is 42.3 Å². The van der Waals surface area contributed by atoms with Crippen LogP contribution in [0.2, 0.25) is 0 Å². The van der Waals surface area contributed by atoms with Gasteiger partial charge in [0.15, 0.2) is 5.13 Å². The van der Waals surface area contributed by atoms with Gasteiger partial charge < -0.3 is 32.0 Å². The van der Waals surface area contributed by atoms with Gasteiger partial charge in [-0.05, 0) is 24.0 Å². The molecule has 0 spiro atoms. The Hall–Kier alpha value is -4.62. The number of hydrogen-bond acceptors (Lipinski definition) is 13. The second-order valence-corrected chi connectivity index (χ2v) is 11.2. The molecule has 5 rings (SSSR count).